The minimum absolute atomic E-state index is 0.0896. The molecule has 0 saturated heterocycles. The van der Waals surface area contributed by atoms with Crippen LogP contribution >= 0.6 is 22.9 Å². The van der Waals surface area contributed by atoms with Gasteiger partial charge in [-0.15, -0.1) is 0 Å². The highest BCUT2D eigenvalue weighted by Crippen LogP contribution is 2.29. The number of carboxylic acids is 1. The second kappa shape index (κ2) is 10.2. The van der Waals surface area contributed by atoms with Crippen LogP contribution in [0.1, 0.15) is 26.0 Å². The third-order valence-electron chi connectivity index (χ3n) is 3.33. The minimum atomic E-state index is -1.11. The first-order valence-corrected chi connectivity index (χ1v) is 9.72. The second-order valence-corrected chi connectivity index (χ2v) is 8.03. The molecule has 0 fully saturated rings. The van der Waals surface area contributed by atoms with Crippen molar-refractivity contribution in [2.45, 2.75) is 26.7 Å². The van der Waals surface area contributed by atoms with E-state index in [0.29, 0.717) is 6.61 Å². The molecule has 8 nitrogen and oxygen atoms in total. The lowest BCUT2D eigenvalue weighted by Gasteiger charge is -2.14. The monoisotopic (exact) mass is 443 g/mol. The molecular weight excluding hydrogens is 425 g/mol. The summed E-state index contributed by atoms with van der Waals surface area (Å²) in [6.07, 6.45) is -0.915. The summed E-state index contributed by atoms with van der Waals surface area (Å²) in [4.78, 5) is 38.9. The quantitative estimate of drug-likeness (QED) is 0.510. The molecule has 1 aromatic carbocycles. The van der Waals surface area contributed by atoms with Crippen molar-refractivity contribution in [2.75, 3.05) is 17.2 Å². The zero-order chi connectivity index (χ0) is 21.6. The van der Waals surface area contributed by atoms with Crippen LogP contribution in [0.25, 0.3) is 0 Å². The van der Waals surface area contributed by atoms with Crippen molar-refractivity contribution in [2.24, 2.45) is 5.92 Å². The maximum atomic E-state index is 13.5. The van der Waals surface area contributed by atoms with Gasteiger partial charge >= 0.3 is 5.97 Å². The molecule has 156 valence electrons. The van der Waals surface area contributed by atoms with Gasteiger partial charge in [-0.25, -0.2) is 9.37 Å². The van der Waals surface area contributed by atoms with Gasteiger partial charge < -0.3 is 20.5 Å². The fourth-order valence-corrected chi connectivity index (χ4v) is 3.17. The molecule has 0 aliphatic heterocycles. The van der Waals surface area contributed by atoms with Gasteiger partial charge in [0.05, 0.1) is 24.4 Å². The van der Waals surface area contributed by atoms with E-state index in [0.717, 1.165) is 17.4 Å². The van der Waals surface area contributed by atoms with E-state index in [9.17, 15) is 18.8 Å². The van der Waals surface area contributed by atoms with Gasteiger partial charge in [-0.05, 0) is 18.1 Å². The van der Waals surface area contributed by atoms with Crippen molar-refractivity contribution in [1.82, 2.24) is 4.98 Å². The van der Waals surface area contributed by atoms with Gasteiger partial charge in [0.25, 0.3) is 0 Å². The van der Waals surface area contributed by atoms with E-state index in [-0.39, 0.29) is 38.9 Å². The van der Waals surface area contributed by atoms with Gasteiger partial charge in [-0.1, -0.05) is 36.8 Å². The second-order valence-electron chi connectivity index (χ2n) is 6.43. The third-order valence-corrected chi connectivity index (χ3v) is 4.58. The summed E-state index contributed by atoms with van der Waals surface area (Å²) in [6.45, 7) is 4.18. The van der Waals surface area contributed by atoms with Crippen LogP contribution in [0.2, 0.25) is 4.34 Å². The van der Waals surface area contributed by atoms with Crippen molar-refractivity contribution in [1.29, 1.82) is 0 Å². The smallest absolute Gasteiger partial charge is 0.309 e. The Morgan fingerprint density at radius 2 is 1.97 bits per heavy atom. The van der Waals surface area contributed by atoms with Gasteiger partial charge in [0.1, 0.15) is 22.3 Å². The molecule has 0 saturated carbocycles. The van der Waals surface area contributed by atoms with Gasteiger partial charge in [0.2, 0.25) is 11.8 Å². The maximum absolute atomic E-state index is 13.5. The Labute approximate surface area is 175 Å². The molecular formula is C18H19ClFN3O5S. The van der Waals surface area contributed by atoms with E-state index in [1.165, 1.54) is 12.1 Å². The largest absolute Gasteiger partial charge is 0.491 e. The van der Waals surface area contributed by atoms with Crippen LogP contribution in [0.4, 0.5) is 15.2 Å². The van der Waals surface area contributed by atoms with E-state index < -0.39 is 30.0 Å². The molecule has 3 N–H and O–H groups in total. The van der Waals surface area contributed by atoms with Crippen LogP contribution in [0.5, 0.6) is 5.75 Å². The van der Waals surface area contributed by atoms with E-state index in [2.05, 4.69) is 15.6 Å². The Morgan fingerprint density at radius 3 is 2.62 bits per heavy atom. The minimum Gasteiger partial charge on any atom is -0.491 e. The van der Waals surface area contributed by atoms with Crippen LogP contribution in [-0.4, -0.2) is 34.5 Å². The van der Waals surface area contributed by atoms with Gasteiger partial charge in [-0.2, -0.15) is 0 Å². The summed E-state index contributed by atoms with van der Waals surface area (Å²) >= 11 is 6.78. The number of nitrogens with zero attached hydrogens (tertiary/aromatic N) is 1. The summed E-state index contributed by atoms with van der Waals surface area (Å²) in [5.41, 5.74) is 0.369. The predicted octanol–water partition coefficient (Wildman–Crippen LogP) is 3.56. The number of rotatable bonds is 9. The molecule has 0 aliphatic rings. The number of carboxylic acid groups (broad SMARTS) is 1. The predicted molar refractivity (Wildman–Crippen MR) is 107 cm³/mol. The molecule has 0 radical (unpaired) electrons. The number of hydrogen-bond acceptors (Lipinski definition) is 6. The SMILES string of the molecule is CC(C)COc1cc(F)ccc1NC(=O)CC(=O)Nc1nc(CC(=O)O)c(Cl)s1. The first-order chi connectivity index (χ1) is 13.6. The standard InChI is InChI=1S/C18H19ClFN3O5S/c1-9(2)8-28-13-5-10(20)3-4-11(13)21-14(24)7-15(25)23-18-22-12(6-16(26)27)17(19)29-18/h3-5,9H,6-8H2,1-2H3,(H,21,24)(H,26,27)(H,22,23,25). The van der Waals surface area contributed by atoms with Gasteiger partial charge in [-0.3, -0.25) is 14.4 Å². The molecule has 11 heteroatoms. The Balaban J connectivity index is 1.97. The summed E-state index contributed by atoms with van der Waals surface area (Å²) in [7, 11) is 0. The normalized spacial score (nSPS) is 10.7. The summed E-state index contributed by atoms with van der Waals surface area (Å²) < 4.78 is 19.1. The molecule has 0 unspecified atom stereocenters. The number of benzene rings is 1. The van der Waals surface area contributed by atoms with Crippen molar-refractivity contribution in [3.05, 3.63) is 34.0 Å². The number of carbonyl (C=O) groups excluding carboxylic acids is 2. The third kappa shape index (κ3) is 7.31. The van der Waals surface area contributed by atoms with Crippen LogP contribution in [-0.2, 0) is 20.8 Å². The molecule has 0 spiro atoms. The number of aromatic nitrogens is 1. The van der Waals surface area contributed by atoms with Crippen molar-refractivity contribution in [3.63, 3.8) is 0 Å². The number of nitrogens with one attached hydrogen (secondary N) is 2. The molecule has 29 heavy (non-hydrogen) atoms. The highest BCUT2D eigenvalue weighted by Gasteiger charge is 2.17. The van der Waals surface area contributed by atoms with E-state index in [1.807, 2.05) is 13.8 Å². The zero-order valence-corrected chi connectivity index (χ0v) is 17.2. The summed E-state index contributed by atoms with van der Waals surface area (Å²) in [5, 5.41) is 13.8. The Kier molecular flexibility index (Phi) is 7.91. The highest BCUT2D eigenvalue weighted by molar-refractivity contribution is 7.19. The van der Waals surface area contributed by atoms with Crippen LogP contribution in [0.3, 0.4) is 0 Å². The van der Waals surface area contributed by atoms with Crippen LogP contribution in [0, 0.1) is 11.7 Å². The van der Waals surface area contributed by atoms with Crippen molar-refractivity contribution in [3.8, 4) is 5.75 Å². The molecule has 1 heterocycles. The lowest BCUT2D eigenvalue weighted by molar-refractivity contribution is -0.136. The number of halogens is 2. The number of hydrogen-bond donors (Lipinski definition) is 3. The number of amides is 2. The average Bonchev–Trinajstić information content (AvgIpc) is 2.93. The zero-order valence-electron chi connectivity index (χ0n) is 15.6. The maximum Gasteiger partial charge on any atom is 0.309 e. The molecule has 1 aromatic heterocycles. The summed E-state index contributed by atoms with van der Waals surface area (Å²) in [6, 6.07) is 3.67. The topological polar surface area (TPSA) is 118 Å². The molecule has 0 atom stereocenters. The number of aliphatic carboxylic acids is 1. The number of ether oxygens (including phenoxy) is 1. The fraction of sp³-hybridized carbons (Fsp3) is 0.333. The molecule has 2 aromatic rings. The van der Waals surface area contributed by atoms with Gasteiger partial charge in [0, 0.05) is 6.07 Å². The number of thiazole rings is 1. The number of anilines is 2. The lowest BCUT2D eigenvalue weighted by Crippen LogP contribution is -2.22. The Morgan fingerprint density at radius 1 is 1.28 bits per heavy atom. The van der Waals surface area contributed by atoms with Crippen LogP contribution in [0.15, 0.2) is 18.2 Å². The lowest BCUT2D eigenvalue weighted by atomic mass is 10.2. The van der Waals surface area contributed by atoms with Crippen molar-refractivity contribution >= 4 is 51.5 Å². The molecule has 0 aliphatic carbocycles. The molecule has 2 rings (SSSR count). The van der Waals surface area contributed by atoms with E-state index >= 15 is 0 Å². The Hall–Kier alpha value is -2.72. The van der Waals surface area contributed by atoms with Crippen molar-refractivity contribution < 1.29 is 28.6 Å². The fourth-order valence-electron chi connectivity index (χ4n) is 2.12. The highest BCUT2D eigenvalue weighted by atomic mass is 35.5. The van der Waals surface area contributed by atoms with Crippen LogP contribution < -0.4 is 15.4 Å². The van der Waals surface area contributed by atoms with Gasteiger partial charge in [0.15, 0.2) is 5.13 Å². The number of carbonyl (C=O) groups is 3. The molecule has 0 bridgehead atoms. The summed E-state index contributed by atoms with van der Waals surface area (Å²) in [5.74, 6) is -2.57. The van der Waals surface area contributed by atoms with E-state index in [1.54, 1.807) is 0 Å². The Bertz CT molecular complexity index is 919. The average molecular weight is 444 g/mol. The molecule has 2 amide bonds. The first kappa shape index (κ1) is 22.6. The van der Waals surface area contributed by atoms with E-state index in [4.69, 9.17) is 21.4 Å². The first-order valence-electron chi connectivity index (χ1n) is 8.53.